The third-order valence-corrected chi connectivity index (χ3v) is 2.86. The van der Waals surface area contributed by atoms with Gasteiger partial charge in [0.25, 0.3) is 0 Å². The third kappa shape index (κ3) is 2.82. The number of rotatable bonds is 5. The van der Waals surface area contributed by atoms with Crippen molar-refractivity contribution >= 4 is 5.97 Å². The molecule has 2 rings (SSSR count). The van der Waals surface area contributed by atoms with Gasteiger partial charge in [0.2, 0.25) is 0 Å². The minimum absolute atomic E-state index is 0.167. The first-order valence-electron chi connectivity index (χ1n) is 5.75. The van der Waals surface area contributed by atoms with Crippen LogP contribution in [0.1, 0.15) is 18.0 Å². The average Bonchev–Trinajstić information content (AvgIpc) is 2.72. The SMILES string of the molecule is O=C(O)C(CCc1ccccc1)n1c(=O)[nH][nH]c1=O. The molecule has 1 aromatic carbocycles. The second kappa shape index (κ2) is 5.38. The highest BCUT2D eigenvalue weighted by molar-refractivity contribution is 5.71. The molecule has 0 fully saturated rings. The van der Waals surface area contributed by atoms with E-state index >= 15 is 0 Å². The summed E-state index contributed by atoms with van der Waals surface area (Å²) >= 11 is 0. The minimum atomic E-state index is -1.21. The fourth-order valence-corrected chi connectivity index (χ4v) is 1.91. The number of carboxylic acid groups (broad SMARTS) is 1. The van der Waals surface area contributed by atoms with Gasteiger partial charge in [-0.1, -0.05) is 30.3 Å². The lowest BCUT2D eigenvalue weighted by atomic mass is 10.1. The molecule has 1 heterocycles. The van der Waals surface area contributed by atoms with Crippen molar-refractivity contribution in [2.24, 2.45) is 0 Å². The first-order valence-corrected chi connectivity index (χ1v) is 5.75. The fraction of sp³-hybridized carbons (Fsp3) is 0.250. The molecule has 1 aromatic heterocycles. The summed E-state index contributed by atoms with van der Waals surface area (Å²) in [5.74, 6) is -1.21. The van der Waals surface area contributed by atoms with Gasteiger partial charge in [-0.3, -0.25) is 0 Å². The molecule has 1 atom stereocenters. The third-order valence-electron chi connectivity index (χ3n) is 2.86. The summed E-state index contributed by atoms with van der Waals surface area (Å²) < 4.78 is 0.686. The zero-order chi connectivity index (χ0) is 13.8. The van der Waals surface area contributed by atoms with Crippen LogP contribution in [0.15, 0.2) is 39.9 Å². The molecule has 0 radical (unpaired) electrons. The second-order valence-corrected chi connectivity index (χ2v) is 4.11. The Labute approximate surface area is 107 Å². The summed E-state index contributed by atoms with van der Waals surface area (Å²) in [5, 5.41) is 13.3. The van der Waals surface area contributed by atoms with E-state index in [0.717, 1.165) is 5.56 Å². The molecular weight excluding hydrogens is 250 g/mol. The van der Waals surface area contributed by atoms with Gasteiger partial charge in [0.1, 0.15) is 6.04 Å². The summed E-state index contributed by atoms with van der Waals surface area (Å²) in [5.41, 5.74) is -0.537. The Kier molecular flexibility index (Phi) is 3.65. The van der Waals surface area contributed by atoms with E-state index in [4.69, 9.17) is 5.11 Å². The van der Waals surface area contributed by atoms with Gasteiger partial charge in [0.15, 0.2) is 0 Å². The van der Waals surface area contributed by atoms with Crippen LogP contribution < -0.4 is 11.4 Å². The lowest BCUT2D eigenvalue weighted by Gasteiger charge is -2.11. The normalized spacial score (nSPS) is 12.2. The number of aromatic amines is 2. The smallest absolute Gasteiger partial charge is 0.345 e. The van der Waals surface area contributed by atoms with Crippen LogP contribution >= 0.6 is 0 Å². The van der Waals surface area contributed by atoms with Crippen molar-refractivity contribution < 1.29 is 9.90 Å². The second-order valence-electron chi connectivity index (χ2n) is 4.11. The zero-order valence-electron chi connectivity index (χ0n) is 10.00. The highest BCUT2D eigenvalue weighted by Gasteiger charge is 2.23. The Morgan fingerprint density at radius 1 is 1.16 bits per heavy atom. The number of hydrogen-bond acceptors (Lipinski definition) is 3. The molecule has 0 saturated heterocycles. The molecule has 7 heteroatoms. The van der Waals surface area contributed by atoms with E-state index in [1.807, 2.05) is 30.3 Å². The molecule has 0 aliphatic heterocycles. The largest absolute Gasteiger partial charge is 0.480 e. The van der Waals surface area contributed by atoms with Gasteiger partial charge in [-0.2, -0.15) is 0 Å². The Morgan fingerprint density at radius 3 is 2.26 bits per heavy atom. The minimum Gasteiger partial charge on any atom is -0.480 e. The van der Waals surface area contributed by atoms with Crippen molar-refractivity contribution in [1.29, 1.82) is 0 Å². The predicted octanol–water partition coefficient (Wildman–Crippen LogP) is 0.123. The van der Waals surface area contributed by atoms with E-state index in [1.165, 1.54) is 0 Å². The van der Waals surface area contributed by atoms with Crippen molar-refractivity contribution in [3.63, 3.8) is 0 Å². The molecule has 0 amide bonds. The summed E-state index contributed by atoms with van der Waals surface area (Å²) in [6.45, 7) is 0. The van der Waals surface area contributed by atoms with E-state index < -0.39 is 23.4 Å². The summed E-state index contributed by atoms with van der Waals surface area (Å²) in [7, 11) is 0. The first kappa shape index (κ1) is 12.9. The molecule has 2 aromatic rings. The molecular formula is C12H13N3O4. The molecule has 0 aliphatic rings. The topological polar surface area (TPSA) is 108 Å². The van der Waals surface area contributed by atoms with Crippen molar-refractivity contribution in [2.45, 2.75) is 18.9 Å². The van der Waals surface area contributed by atoms with E-state index in [9.17, 15) is 14.4 Å². The number of nitrogens with one attached hydrogen (secondary N) is 2. The lowest BCUT2D eigenvalue weighted by molar-refractivity contribution is -0.141. The monoisotopic (exact) mass is 263 g/mol. The van der Waals surface area contributed by atoms with Gasteiger partial charge >= 0.3 is 17.3 Å². The molecule has 0 aliphatic carbocycles. The number of hydrogen-bond donors (Lipinski definition) is 3. The Hall–Kier alpha value is -2.57. The molecule has 1 unspecified atom stereocenters. The quantitative estimate of drug-likeness (QED) is 0.712. The van der Waals surface area contributed by atoms with Crippen LogP contribution in [0.2, 0.25) is 0 Å². The molecule has 100 valence electrons. The number of carboxylic acids is 1. The number of H-pyrrole nitrogens is 2. The maximum absolute atomic E-state index is 11.4. The van der Waals surface area contributed by atoms with Crippen LogP contribution in [0.5, 0.6) is 0 Å². The predicted molar refractivity (Wildman–Crippen MR) is 67.1 cm³/mol. The van der Waals surface area contributed by atoms with Gasteiger partial charge in [0.05, 0.1) is 0 Å². The molecule has 0 bridgehead atoms. The van der Waals surface area contributed by atoms with Gasteiger partial charge in [0, 0.05) is 0 Å². The summed E-state index contributed by atoms with van der Waals surface area (Å²) in [6, 6.07) is 8.11. The van der Waals surface area contributed by atoms with E-state index in [2.05, 4.69) is 10.2 Å². The lowest BCUT2D eigenvalue weighted by Crippen LogP contribution is -2.35. The molecule has 19 heavy (non-hydrogen) atoms. The van der Waals surface area contributed by atoms with Crippen LogP contribution in [0, 0.1) is 0 Å². The van der Waals surface area contributed by atoms with Gasteiger partial charge in [-0.15, -0.1) is 0 Å². The van der Waals surface area contributed by atoms with Gasteiger partial charge < -0.3 is 5.11 Å². The van der Waals surface area contributed by atoms with E-state index in [1.54, 1.807) is 0 Å². The van der Waals surface area contributed by atoms with Gasteiger partial charge in [-0.05, 0) is 18.4 Å². The van der Waals surface area contributed by atoms with Crippen LogP contribution in [-0.4, -0.2) is 25.8 Å². The van der Waals surface area contributed by atoms with Crippen molar-refractivity contribution in [3.05, 3.63) is 56.9 Å². The molecule has 0 spiro atoms. The van der Waals surface area contributed by atoms with Crippen LogP contribution in [-0.2, 0) is 11.2 Å². The summed E-state index contributed by atoms with van der Waals surface area (Å²) in [6.07, 6.45) is 0.634. The van der Waals surface area contributed by atoms with Crippen LogP contribution in [0.3, 0.4) is 0 Å². The molecule has 7 nitrogen and oxygen atoms in total. The Morgan fingerprint density at radius 2 is 1.74 bits per heavy atom. The molecule has 3 N–H and O–H groups in total. The number of carbonyl (C=O) groups is 1. The molecule has 0 saturated carbocycles. The zero-order valence-corrected chi connectivity index (χ0v) is 10.00. The van der Waals surface area contributed by atoms with Crippen LogP contribution in [0.25, 0.3) is 0 Å². The van der Waals surface area contributed by atoms with E-state index in [-0.39, 0.29) is 6.42 Å². The average molecular weight is 263 g/mol. The number of aromatic nitrogens is 3. The Balaban J connectivity index is 2.21. The number of nitrogens with zero attached hydrogens (tertiary/aromatic N) is 1. The number of benzene rings is 1. The van der Waals surface area contributed by atoms with Crippen molar-refractivity contribution in [2.75, 3.05) is 0 Å². The standard InChI is InChI=1S/C12H13N3O4/c16-10(17)9(15-11(18)13-14-12(15)19)7-6-8-4-2-1-3-5-8/h1-5,9H,6-7H2,(H,13,18)(H,14,19)(H,16,17). The van der Waals surface area contributed by atoms with Crippen molar-refractivity contribution in [1.82, 2.24) is 14.8 Å². The van der Waals surface area contributed by atoms with Gasteiger partial charge in [-0.25, -0.2) is 29.1 Å². The maximum Gasteiger partial charge on any atom is 0.345 e. The van der Waals surface area contributed by atoms with Crippen molar-refractivity contribution in [3.8, 4) is 0 Å². The van der Waals surface area contributed by atoms with Crippen LogP contribution in [0.4, 0.5) is 0 Å². The van der Waals surface area contributed by atoms with E-state index in [0.29, 0.717) is 11.0 Å². The highest BCUT2D eigenvalue weighted by atomic mass is 16.4. The maximum atomic E-state index is 11.4. The Bertz CT molecular complexity index is 641. The highest BCUT2D eigenvalue weighted by Crippen LogP contribution is 2.12. The first-order chi connectivity index (χ1) is 9.09. The number of aryl methyl sites for hydroxylation is 1. The number of aliphatic carboxylic acids is 1. The fourth-order valence-electron chi connectivity index (χ4n) is 1.91. The summed E-state index contributed by atoms with van der Waals surface area (Å²) in [4.78, 5) is 34.0.